The van der Waals surface area contributed by atoms with Gasteiger partial charge in [-0.25, -0.2) is 12.7 Å². The topological polar surface area (TPSA) is 37.4 Å². The van der Waals surface area contributed by atoms with Crippen LogP contribution in [0.4, 0.5) is 0 Å². The van der Waals surface area contributed by atoms with E-state index in [0.717, 1.165) is 31.3 Å². The Hall–Kier alpha value is -0.0900. The van der Waals surface area contributed by atoms with Crippen LogP contribution in [-0.4, -0.2) is 31.6 Å². The van der Waals surface area contributed by atoms with Gasteiger partial charge in [0.05, 0.1) is 5.75 Å². The molecule has 98 valence electrons. The maximum atomic E-state index is 11.8. The van der Waals surface area contributed by atoms with Gasteiger partial charge in [0.1, 0.15) is 0 Å². The second-order valence-corrected chi connectivity index (χ2v) is 8.26. The first kappa shape index (κ1) is 12.0. The van der Waals surface area contributed by atoms with E-state index < -0.39 is 10.0 Å². The molecule has 3 aliphatic rings. The fourth-order valence-electron chi connectivity index (χ4n) is 4.19. The Balaban J connectivity index is 1.60. The minimum absolute atomic E-state index is 0.382. The van der Waals surface area contributed by atoms with Crippen LogP contribution in [0.5, 0.6) is 0 Å². The number of hydrogen-bond acceptors (Lipinski definition) is 2. The first-order chi connectivity index (χ1) is 8.15. The standard InChI is InChI=1S/C13H23NO2S/c15-17(16)7-3-6-14(17)10-11-8-12-4-1-2-5-13(12)9-11/h11-13H,1-10H2. The minimum Gasteiger partial charge on any atom is -0.212 e. The Labute approximate surface area is 105 Å². The third-order valence-electron chi connectivity index (χ3n) is 5.00. The third kappa shape index (κ3) is 2.39. The molecule has 3 fully saturated rings. The molecule has 17 heavy (non-hydrogen) atoms. The summed E-state index contributed by atoms with van der Waals surface area (Å²) in [6.45, 7) is 1.59. The van der Waals surface area contributed by atoms with Gasteiger partial charge in [-0.15, -0.1) is 0 Å². The summed E-state index contributed by atoms with van der Waals surface area (Å²) in [6, 6.07) is 0. The van der Waals surface area contributed by atoms with E-state index >= 15 is 0 Å². The molecule has 0 radical (unpaired) electrons. The van der Waals surface area contributed by atoms with E-state index in [0.29, 0.717) is 11.7 Å². The summed E-state index contributed by atoms with van der Waals surface area (Å²) in [7, 11) is -2.87. The summed E-state index contributed by atoms with van der Waals surface area (Å²) in [4.78, 5) is 0. The van der Waals surface area contributed by atoms with Crippen molar-refractivity contribution in [3.05, 3.63) is 0 Å². The van der Waals surface area contributed by atoms with Gasteiger partial charge in [0, 0.05) is 13.1 Å². The predicted octanol–water partition coefficient (Wildman–Crippen LogP) is 2.24. The quantitative estimate of drug-likeness (QED) is 0.761. The fourth-order valence-corrected chi connectivity index (χ4v) is 5.79. The Bertz CT molecular complexity index is 365. The molecular weight excluding hydrogens is 234 g/mol. The maximum Gasteiger partial charge on any atom is 0.214 e. The second kappa shape index (κ2) is 4.54. The van der Waals surface area contributed by atoms with Crippen LogP contribution in [0.2, 0.25) is 0 Å². The van der Waals surface area contributed by atoms with Crippen LogP contribution in [0.15, 0.2) is 0 Å². The molecule has 0 aromatic carbocycles. The van der Waals surface area contributed by atoms with Gasteiger partial charge >= 0.3 is 0 Å². The number of fused-ring (bicyclic) bond motifs is 1. The number of hydrogen-bond donors (Lipinski definition) is 0. The first-order valence-corrected chi connectivity index (χ1v) is 8.74. The molecule has 0 N–H and O–H groups in total. The van der Waals surface area contributed by atoms with Crippen molar-refractivity contribution in [2.75, 3.05) is 18.8 Å². The zero-order valence-electron chi connectivity index (χ0n) is 10.5. The fraction of sp³-hybridized carbons (Fsp3) is 1.00. The van der Waals surface area contributed by atoms with Crippen molar-refractivity contribution < 1.29 is 8.42 Å². The maximum absolute atomic E-state index is 11.8. The lowest BCUT2D eigenvalue weighted by molar-refractivity contribution is 0.277. The van der Waals surface area contributed by atoms with Crippen LogP contribution in [0.25, 0.3) is 0 Å². The van der Waals surface area contributed by atoms with E-state index in [-0.39, 0.29) is 0 Å². The van der Waals surface area contributed by atoms with Gasteiger partial charge in [-0.3, -0.25) is 0 Å². The van der Waals surface area contributed by atoms with E-state index in [1.54, 1.807) is 4.31 Å². The van der Waals surface area contributed by atoms with Crippen LogP contribution in [0.1, 0.15) is 44.9 Å². The van der Waals surface area contributed by atoms with Gasteiger partial charge < -0.3 is 0 Å². The van der Waals surface area contributed by atoms with E-state index in [1.807, 2.05) is 0 Å². The molecule has 3 rings (SSSR count). The zero-order valence-corrected chi connectivity index (χ0v) is 11.3. The minimum atomic E-state index is -2.87. The lowest BCUT2D eigenvalue weighted by Gasteiger charge is -2.24. The van der Waals surface area contributed by atoms with E-state index in [2.05, 4.69) is 0 Å². The summed E-state index contributed by atoms with van der Waals surface area (Å²) in [5, 5.41) is 0. The van der Waals surface area contributed by atoms with Crippen molar-refractivity contribution in [2.24, 2.45) is 17.8 Å². The normalized spacial score (nSPS) is 41.5. The van der Waals surface area contributed by atoms with Crippen molar-refractivity contribution in [3.63, 3.8) is 0 Å². The van der Waals surface area contributed by atoms with Crippen molar-refractivity contribution in [1.29, 1.82) is 0 Å². The first-order valence-electron chi connectivity index (χ1n) is 7.13. The summed E-state index contributed by atoms with van der Waals surface area (Å²) in [6.07, 6.45) is 9.00. The molecule has 0 bridgehead atoms. The Morgan fingerprint density at radius 1 is 1.00 bits per heavy atom. The second-order valence-electron chi connectivity index (χ2n) is 6.17. The molecule has 2 aliphatic carbocycles. The van der Waals surface area contributed by atoms with Crippen molar-refractivity contribution in [1.82, 2.24) is 4.31 Å². The third-order valence-corrected chi connectivity index (χ3v) is 6.93. The molecule has 0 aromatic heterocycles. The lowest BCUT2D eigenvalue weighted by atomic mass is 9.82. The Kier molecular flexibility index (Phi) is 3.20. The van der Waals surface area contributed by atoms with Crippen LogP contribution in [0, 0.1) is 17.8 Å². The van der Waals surface area contributed by atoms with E-state index in [1.165, 1.54) is 38.5 Å². The number of nitrogens with zero attached hydrogens (tertiary/aromatic N) is 1. The Morgan fingerprint density at radius 3 is 2.18 bits per heavy atom. The average Bonchev–Trinajstić information content (AvgIpc) is 2.82. The summed E-state index contributed by atoms with van der Waals surface area (Å²) >= 11 is 0. The van der Waals surface area contributed by atoms with E-state index in [4.69, 9.17) is 0 Å². The molecule has 2 atom stereocenters. The summed E-state index contributed by atoms with van der Waals surface area (Å²) < 4.78 is 25.3. The molecule has 3 nitrogen and oxygen atoms in total. The molecule has 1 heterocycles. The molecule has 2 saturated carbocycles. The van der Waals surface area contributed by atoms with E-state index in [9.17, 15) is 8.42 Å². The zero-order chi connectivity index (χ0) is 11.9. The predicted molar refractivity (Wildman–Crippen MR) is 68.1 cm³/mol. The van der Waals surface area contributed by atoms with Crippen molar-refractivity contribution >= 4 is 10.0 Å². The van der Waals surface area contributed by atoms with Gasteiger partial charge in [0.15, 0.2) is 0 Å². The molecular formula is C13H23NO2S. The highest BCUT2D eigenvalue weighted by atomic mass is 32.2. The highest BCUT2D eigenvalue weighted by Crippen LogP contribution is 2.45. The molecule has 1 aliphatic heterocycles. The highest BCUT2D eigenvalue weighted by Gasteiger charge is 2.38. The van der Waals surface area contributed by atoms with Crippen LogP contribution >= 0.6 is 0 Å². The molecule has 0 aromatic rings. The highest BCUT2D eigenvalue weighted by molar-refractivity contribution is 7.89. The molecule has 2 unspecified atom stereocenters. The van der Waals surface area contributed by atoms with Crippen LogP contribution in [0.3, 0.4) is 0 Å². The average molecular weight is 257 g/mol. The SMILES string of the molecule is O=S1(=O)CCCN1CC1CC2CCCCC2C1. The molecule has 0 spiro atoms. The summed E-state index contributed by atoms with van der Waals surface area (Å²) in [5.41, 5.74) is 0. The van der Waals surface area contributed by atoms with Crippen LogP contribution < -0.4 is 0 Å². The van der Waals surface area contributed by atoms with Gasteiger partial charge in [0.2, 0.25) is 10.0 Å². The lowest BCUT2D eigenvalue weighted by Crippen LogP contribution is -2.30. The van der Waals surface area contributed by atoms with Gasteiger partial charge in [0.25, 0.3) is 0 Å². The van der Waals surface area contributed by atoms with Crippen molar-refractivity contribution in [3.8, 4) is 0 Å². The van der Waals surface area contributed by atoms with Gasteiger partial charge in [-0.2, -0.15) is 0 Å². The Morgan fingerprint density at radius 2 is 1.65 bits per heavy atom. The number of rotatable bonds is 2. The molecule has 0 amide bonds. The smallest absolute Gasteiger partial charge is 0.212 e. The van der Waals surface area contributed by atoms with Crippen molar-refractivity contribution in [2.45, 2.75) is 44.9 Å². The number of sulfonamides is 1. The monoisotopic (exact) mass is 257 g/mol. The van der Waals surface area contributed by atoms with Gasteiger partial charge in [-0.1, -0.05) is 25.7 Å². The van der Waals surface area contributed by atoms with Gasteiger partial charge in [-0.05, 0) is 37.0 Å². The molecule has 4 heteroatoms. The molecule has 1 saturated heterocycles. The van der Waals surface area contributed by atoms with Crippen LogP contribution in [-0.2, 0) is 10.0 Å². The largest absolute Gasteiger partial charge is 0.214 e. The summed E-state index contributed by atoms with van der Waals surface area (Å²) in [5.74, 6) is 2.86.